The minimum absolute atomic E-state index is 0. The van der Waals surface area contributed by atoms with Crippen LogP contribution in [0.1, 0.15) is 107 Å². The average Bonchev–Trinajstić information content (AvgIpc) is 2.89. The lowest BCUT2D eigenvalue weighted by Gasteiger charge is -2.45. The Balaban J connectivity index is 0.000000728. The molecule has 0 aromatic rings. The molecule has 0 aromatic carbocycles. The summed E-state index contributed by atoms with van der Waals surface area (Å²) in [6, 6.07) is 0. The van der Waals surface area contributed by atoms with Gasteiger partial charge in [0.05, 0.1) is 0 Å². The summed E-state index contributed by atoms with van der Waals surface area (Å²) < 4.78 is 0. The number of hydrogen-bond donors (Lipinski definition) is 0. The topological polar surface area (TPSA) is 12.4 Å². The van der Waals surface area contributed by atoms with Crippen LogP contribution in [-0.2, 0) is 0 Å². The lowest BCUT2D eigenvalue weighted by molar-refractivity contribution is 0.0494. The highest BCUT2D eigenvalue weighted by atomic mass is 14.9. The van der Waals surface area contributed by atoms with Crippen molar-refractivity contribution in [2.75, 3.05) is 6.54 Å². The first-order valence-electron chi connectivity index (χ1n) is 12.0. The second-order valence-electron chi connectivity index (χ2n) is 10.9. The van der Waals surface area contributed by atoms with Crippen LogP contribution >= 0.6 is 0 Å². The Morgan fingerprint density at radius 2 is 1.75 bits per heavy atom. The second kappa shape index (κ2) is 6.98. The summed E-state index contributed by atoms with van der Waals surface area (Å²) in [4.78, 5) is 4.87. The zero-order chi connectivity index (χ0) is 19.7. The number of hydrogen-bond acceptors (Lipinski definition) is 1. The second-order valence-corrected chi connectivity index (χ2v) is 10.9. The normalized spacial score (nSPS) is 51.0. The van der Waals surface area contributed by atoms with Gasteiger partial charge < -0.3 is 0 Å². The van der Waals surface area contributed by atoms with Crippen LogP contribution in [0, 0.1) is 39.4 Å². The largest absolute Gasteiger partial charge is 0.294 e. The van der Waals surface area contributed by atoms with Gasteiger partial charge in [0, 0.05) is 18.2 Å². The molecule has 28 heavy (non-hydrogen) atoms. The van der Waals surface area contributed by atoms with Crippen LogP contribution in [0.4, 0.5) is 0 Å². The Kier molecular flexibility index (Phi) is 5.51. The third kappa shape index (κ3) is 2.28. The average molecular weight is 386 g/mol. The Morgan fingerprint density at radius 1 is 1.04 bits per heavy atom. The lowest BCUT2D eigenvalue weighted by atomic mass is 9.59. The summed E-state index contributed by atoms with van der Waals surface area (Å²) in [7, 11) is 0. The SMILES string of the molecule is C.C=C1CCC23C4CCC5(C)C(C(C)=NCC)CCC5C42CCC3(C)C1.CC. The third-order valence-electron chi connectivity index (χ3n) is 10.5. The van der Waals surface area contributed by atoms with Crippen molar-refractivity contribution in [3.8, 4) is 0 Å². The molecule has 5 saturated carbocycles. The van der Waals surface area contributed by atoms with Gasteiger partial charge in [0.1, 0.15) is 0 Å². The summed E-state index contributed by atoms with van der Waals surface area (Å²) in [5.41, 5.74) is 5.51. The molecule has 0 saturated heterocycles. The minimum atomic E-state index is 0. The summed E-state index contributed by atoms with van der Waals surface area (Å²) >= 11 is 0. The molecule has 5 fully saturated rings. The molecular weight excluding hydrogens is 338 g/mol. The van der Waals surface area contributed by atoms with Crippen LogP contribution in [-0.4, -0.2) is 12.3 Å². The molecule has 160 valence electrons. The summed E-state index contributed by atoms with van der Waals surface area (Å²) in [6.45, 7) is 19.2. The first kappa shape index (κ1) is 22.1. The van der Waals surface area contributed by atoms with Crippen molar-refractivity contribution in [1.29, 1.82) is 0 Å². The molecule has 0 heterocycles. The van der Waals surface area contributed by atoms with Crippen LogP contribution in [0.3, 0.4) is 0 Å². The molecule has 2 spiro atoms. The molecule has 1 heteroatoms. The van der Waals surface area contributed by atoms with E-state index in [9.17, 15) is 0 Å². The van der Waals surface area contributed by atoms with Gasteiger partial charge in [0.15, 0.2) is 0 Å². The zero-order valence-electron chi connectivity index (χ0n) is 19.0. The maximum absolute atomic E-state index is 4.87. The highest BCUT2D eigenvalue weighted by Gasteiger charge is 2.88. The number of nitrogens with zero attached hydrogens (tertiary/aromatic N) is 1. The van der Waals surface area contributed by atoms with E-state index in [1.54, 1.807) is 5.57 Å². The molecule has 5 aliphatic rings. The zero-order valence-corrected chi connectivity index (χ0v) is 19.0. The molecule has 0 aliphatic heterocycles. The van der Waals surface area contributed by atoms with Crippen molar-refractivity contribution in [3.63, 3.8) is 0 Å². The van der Waals surface area contributed by atoms with E-state index in [2.05, 4.69) is 34.3 Å². The third-order valence-corrected chi connectivity index (χ3v) is 10.5. The molecule has 1 nitrogen and oxygen atoms in total. The van der Waals surface area contributed by atoms with Gasteiger partial charge in [-0.3, -0.25) is 4.99 Å². The van der Waals surface area contributed by atoms with Gasteiger partial charge in [-0.25, -0.2) is 0 Å². The number of fused-ring (bicyclic) bond motifs is 1. The van der Waals surface area contributed by atoms with Crippen LogP contribution in [0.25, 0.3) is 0 Å². The van der Waals surface area contributed by atoms with Crippen LogP contribution in [0.2, 0.25) is 0 Å². The maximum Gasteiger partial charge on any atom is 0.0360 e. The summed E-state index contributed by atoms with van der Waals surface area (Å²) in [5.74, 6) is 2.78. The van der Waals surface area contributed by atoms with Crippen molar-refractivity contribution in [2.24, 2.45) is 44.4 Å². The summed E-state index contributed by atoms with van der Waals surface area (Å²) in [6.07, 6.45) is 13.0. The Labute approximate surface area is 175 Å². The number of rotatable bonds is 2. The predicted octanol–water partition coefficient (Wildman–Crippen LogP) is 8.10. The number of aliphatic imine (C=N–C) groups is 1. The molecule has 0 aromatic heterocycles. The van der Waals surface area contributed by atoms with E-state index in [1.807, 2.05) is 13.8 Å². The standard InChI is InChI=1S/C24H37N.C2H6.CH4/c1-6-25-17(3)18-7-8-19-22(18,5)11-10-20-23(19)14-13-21(4)15-16(2)9-12-24(20,21)23;1-2;/h18-20H,2,6-15H2,1,3-5H3;1-2H3;1H4. The number of allylic oxidation sites excluding steroid dienone is 1. The molecule has 0 amide bonds. The van der Waals surface area contributed by atoms with E-state index >= 15 is 0 Å². The fraction of sp³-hybridized carbons (Fsp3) is 0.889. The van der Waals surface area contributed by atoms with Crippen molar-refractivity contribution >= 4 is 5.71 Å². The monoisotopic (exact) mass is 385 g/mol. The molecule has 7 atom stereocenters. The Bertz CT molecular complexity index is 661. The van der Waals surface area contributed by atoms with Crippen LogP contribution < -0.4 is 0 Å². The highest BCUT2D eigenvalue weighted by Crippen LogP contribution is 2.94. The van der Waals surface area contributed by atoms with E-state index in [-0.39, 0.29) is 7.43 Å². The first-order valence-corrected chi connectivity index (χ1v) is 12.0. The van der Waals surface area contributed by atoms with Crippen molar-refractivity contribution in [1.82, 2.24) is 0 Å². The van der Waals surface area contributed by atoms with E-state index in [1.165, 1.54) is 63.5 Å². The van der Waals surface area contributed by atoms with Crippen molar-refractivity contribution < 1.29 is 0 Å². The Morgan fingerprint density at radius 3 is 2.43 bits per heavy atom. The molecule has 0 radical (unpaired) electrons. The van der Waals surface area contributed by atoms with Crippen LogP contribution in [0.15, 0.2) is 17.1 Å². The summed E-state index contributed by atoms with van der Waals surface area (Å²) in [5, 5.41) is 0. The van der Waals surface area contributed by atoms with Gasteiger partial charge in [-0.2, -0.15) is 0 Å². The Hall–Kier alpha value is -0.590. The maximum atomic E-state index is 4.87. The van der Waals surface area contributed by atoms with Gasteiger partial charge in [0.2, 0.25) is 0 Å². The first-order chi connectivity index (χ1) is 12.9. The molecule has 5 rings (SSSR count). The van der Waals surface area contributed by atoms with Crippen LogP contribution in [0.5, 0.6) is 0 Å². The highest BCUT2D eigenvalue weighted by molar-refractivity contribution is 5.85. The molecule has 0 N–H and O–H groups in total. The van der Waals surface area contributed by atoms with Gasteiger partial charge in [-0.1, -0.05) is 47.3 Å². The molecule has 5 aliphatic carbocycles. The predicted molar refractivity (Wildman–Crippen MR) is 124 cm³/mol. The van der Waals surface area contributed by atoms with E-state index < -0.39 is 0 Å². The van der Waals surface area contributed by atoms with Gasteiger partial charge >= 0.3 is 0 Å². The lowest BCUT2D eigenvalue weighted by Crippen LogP contribution is -2.41. The quantitative estimate of drug-likeness (QED) is 0.336. The fourth-order valence-corrected chi connectivity index (χ4v) is 9.93. The van der Waals surface area contributed by atoms with Gasteiger partial charge in [-0.05, 0) is 105 Å². The van der Waals surface area contributed by atoms with Gasteiger partial charge in [0.25, 0.3) is 0 Å². The minimum Gasteiger partial charge on any atom is -0.294 e. The van der Waals surface area contributed by atoms with E-state index in [0.717, 1.165) is 24.3 Å². The molecule has 7 unspecified atom stereocenters. The molecular formula is C27H47N. The smallest absolute Gasteiger partial charge is 0.0360 e. The van der Waals surface area contributed by atoms with E-state index in [4.69, 9.17) is 4.99 Å². The van der Waals surface area contributed by atoms with Crippen molar-refractivity contribution in [2.45, 2.75) is 107 Å². The van der Waals surface area contributed by atoms with E-state index in [0.29, 0.717) is 21.7 Å². The van der Waals surface area contributed by atoms with Crippen molar-refractivity contribution in [3.05, 3.63) is 12.2 Å². The molecule has 0 bridgehead atoms. The van der Waals surface area contributed by atoms with Gasteiger partial charge in [-0.15, -0.1) is 0 Å². The fourth-order valence-electron chi connectivity index (χ4n) is 9.93.